The zero-order valence-corrected chi connectivity index (χ0v) is 27.9. The fourth-order valence-corrected chi connectivity index (χ4v) is 7.13. The van der Waals surface area contributed by atoms with Gasteiger partial charge in [-0.2, -0.15) is 0 Å². The zero-order chi connectivity index (χ0) is 33.0. The molecular weight excluding hydrogens is 631 g/mol. The Bertz CT molecular complexity index is 2110. The summed E-state index contributed by atoms with van der Waals surface area (Å²) >= 11 is 1.48. The standard InChI is InChI=1S/C36H35N5O4S2/c1-24-31(30-11-7-8-12-32(30)37-24)22-34(42)38-33(21-25-9-5-4-6-10-25)35-39-40-36(41(35)27-15-17-28(45-2)18-16-27)46-23-26-13-19-29(20-14-26)47(3,43)44/h4-20,33,37H,21-23H2,1-3H3,(H,38,42). The van der Waals surface area contributed by atoms with Gasteiger partial charge in [0.1, 0.15) is 5.75 Å². The number of sulfone groups is 1. The van der Waals surface area contributed by atoms with Crippen LogP contribution in [0.2, 0.25) is 0 Å². The summed E-state index contributed by atoms with van der Waals surface area (Å²) in [6, 6.07) is 32.0. The van der Waals surface area contributed by atoms with Gasteiger partial charge in [-0.15, -0.1) is 10.2 Å². The van der Waals surface area contributed by atoms with Crippen LogP contribution in [-0.4, -0.2) is 47.4 Å². The lowest BCUT2D eigenvalue weighted by atomic mass is 10.0. The Labute approximate surface area is 278 Å². The molecule has 0 aliphatic carbocycles. The Morgan fingerprint density at radius 1 is 0.915 bits per heavy atom. The number of ether oxygens (including phenoxy) is 1. The summed E-state index contributed by atoms with van der Waals surface area (Å²) < 4.78 is 31.3. The first-order chi connectivity index (χ1) is 22.7. The largest absolute Gasteiger partial charge is 0.497 e. The maximum absolute atomic E-state index is 13.8. The number of nitrogens with zero attached hydrogens (tertiary/aromatic N) is 3. The minimum atomic E-state index is -3.29. The summed E-state index contributed by atoms with van der Waals surface area (Å²) in [7, 11) is -1.67. The maximum atomic E-state index is 13.8. The Hall–Kier alpha value is -4.87. The van der Waals surface area contributed by atoms with Gasteiger partial charge in [0.05, 0.1) is 24.5 Å². The summed E-state index contributed by atoms with van der Waals surface area (Å²) in [6.45, 7) is 1.99. The molecular formula is C36H35N5O4S2. The van der Waals surface area contributed by atoms with Gasteiger partial charge in [-0.3, -0.25) is 9.36 Å². The van der Waals surface area contributed by atoms with Crippen molar-refractivity contribution in [2.45, 2.75) is 41.6 Å². The number of amides is 1. The molecule has 0 spiro atoms. The summed E-state index contributed by atoms with van der Waals surface area (Å²) in [5, 5.41) is 14.2. The molecule has 1 atom stereocenters. The molecule has 0 aliphatic heterocycles. The fraction of sp³-hybridized carbons (Fsp3) is 0.194. The number of rotatable bonds is 12. The van der Waals surface area contributed by atoms with E-state index in [9.17, 15) is 13.2 Å². The van der Waals surface area contributed by atoms with E-state index < -0.39 is 15.9 Å². The van der Waals surface area contributed by atoms with Crippen LogP contribution in [0.4, 0.5) is 0 Å². The maximum Gasteiger partial charge on any atom is 0.225 e. The topological polar surface area (TPSA) is 119 Å². The number of fused-ring (bicyclic) bond motifs is 1. The third-order valence-corrected chi connectivity index (χ3v) is 10.1. The van der Waals surface area contributed by atoms with Crippen molar-refractivity contribution in [3.8, 4) is 11.4 Å². The molecule has 6 rings (SSSR count). The monoisotopic (exact) mass is 665 g/mol. The van der Waals surface area contributed by atoms with E-state index in [4.69, 9.17) is 4.74 Å². The third kappa shape index (κ3) is 7.42. The van der Waals surface area contributed by atoms with Crippen LogP contribution >= 0.6 is 11.8 Å². The van der Waals surface area contributed by atoms with Gasteiger partial charge >= 0.3 is 0 Å². The van der Waals surface area contributed by atoms with E-state index in [0.29, 0.717) is 28.9 Å². The van der Waals surface area contributed by atoms with Crippen LogP contribution in [0.3, 0.4) is 0 Å². The Kier molecular flexibility index (Phi) is 9.46. The molecule has 9 nitrogen and oxygen atoms in total. The van der Waals surface area contributed by atoms with Crippen LogP contribution in [0.15, 0.2) is 113 Å². The number of carbonyl (C=O) groups excluding carboxylic acids is 1. The highest BCUT2D eigenvalue weighted by molar-refractivity contribution is 7.98. The van der Waals surface area contributed by atoms with E-state index in [1.165, 1.54) is 18.0 Å². The number of aromatic nitrogens is 4. The lowest BCUT2D eigenvalue weighted by Crippen LogP contribution is -2.33. The molecule has 47 heavy (non-hydrogen) atoms. The molecule has 2 aromatic heterocycles. The zero-order valence-electron chi connectivity index (χ0n) is 26.3. The highest BCUT2D eigenvalue weighted by Crippen LogP contribution is 2.31. The Morgan fingerprint density at radius 2 is 1.62 bits per heavy atom. The number of aryl methyl sites for hydroxylation is 1. The van der Waals surface area contributed by atoms with Gasteiger partial charge < -0.3 is 15.0 Å². The SMILES string of the molecule is COc1ccc(-n2c(SCc3ccc(S(C)(=O)=O)cc3)nnc2C(Cc2ccccc2)NC(=O)Cc2c(C)[nH]c3ccccc23)cc1. The van der Waals surface area contributed by atoms with Crippen LogP contribution in [0.5, 0.6) is 5.75 Å². The van der Waals surface area contributed by atoms with E-state index in [2.05, 4.69) is 20.5 Å². The summed E-state index contributed by atoms with van der Waals surface area (Å²) in [4.78, 5) is 17.4. The van der Waals surface area contributed by atoms with Crippen LogP contribution in [0.25, 0.3) is 16.6 Å². The van der Waals surface area contributed by atoms with Crippen molar-refractivity contribution in [2.24, 2.45) is 0 Å². The number of thioether (sulfide) groups is 1. The second-order valence-electron chi connectivity index (χ2n) is 11.3. The van der Waals surface area contributed by atoms with Crippen LogP contribution < -0.4 is 10.1 Å². The first kappa shape index (κ1) is 32.1. The van der Waals surface area contributed by atoms with Gasteiger partial charge in [0.2, 0.25) is 5.91 Å². The second-order valence-corrected chi connectivity index (χ2v) is 14.3. The van der Waals surface area contributed by atoms with E-state index in [-0.39, 0.29) is 17.2 Å². The second kappa shape index (κ2) is 13.9. The predicted octanol–water partition coefficient (Wildman–Crippen LogP) is 6.40. The normalized spacial score (nSPS) is 12.2. The number of carbonyl (C=O) groups is 1. The van der Waals surface area contributed by atoms with Crippen molar-refractivity contribution in [3.63, 3.8) is 0 Å². The van der Waals surface area contributed by atoms with E-state index in [1.54, 1.807) is 19.2 Å². The van der Waals surface area contributed by atoms with Gasteiger partial charge in [-0.25, -0.2) is 8.42 Å². The van der Waals surface area contributed by atoms with Gasteiger partial charge in [0.25, 0.3) is 0 Å². The Morgan fingerprint density at radius 3 is 2.32 bits per heavy atom. The number of nitrogens with one attached hydrogen (secondary N) is 2. The number of hydrogen-bond donors (Lipinski definition) is 2. The molecule has 0 aliphatic rings. The quantitative estimate of drug-likeness (QED) is 0.145. The number of para-hydroxylation sites is 1. The average molecular weight is 666 g/mol. The van der Waals surface area contributed by atoms with E-state index >= 15 is 0 Å². The van der Waals surface area contributed by atoms with Crippen molar-refractivity contribution in [2.75, 3.05) is 13.4 Å². The molecule has 0 fully saturated rings. The van der Waals surface area contributed by atoms with Crippen LogP contribution in [0.1, 0.15) is 34.3 Å². The van der Waals surface area contributed by atoms with Crippen LogP contribution in [-0.2, 0) is 33.2 Å². The summed E-state index contributed by atoms with van der Waals surface area (Å²) in [5.74, 6) is 1.72. The van der Waals surface area contributed by atoms with E-state index in [1.807, 2.05) is 102 Å². The minimum Gasteiger partial charge on any atom is -0.497 e. The third-order valence-electron chi connectivity index (χ3n) is 8.00. The number of hydrogen-bond acceptors (Lipinski definition) is 7. The first-order valence-corrected chi connectivity index (χ1v) is 18.0. The minimum absolute atomic E-state index is 0.122. The number of benzene rings is 4. The molecule has 2 heterocycles. The van der Waals surface area contributed by atoms with Gasteiger partial charge in [0.15, 0.2) is 20.8 Å². The lowest BCUT2D eigenvalue weighted by Gasteiger charge is -2.20. The molecule has 0 bridgehead atoms. The molecule has 0 saturated carbocycles. The first-order valence-electron chi connectivity index (χ1n) is 15.1. The molecule has 1 amide bonds. The van der Waals surface area contributed by atoms with Gasteiger partial charge in [-0.05, 0) is 72.5 Å². The molecule has 11 heteroatoms. The highest BCUT2D eigenvalue weighted by atomic mass is 32.2. The molecule has 4 aromatic carbocycles. The van der Waals surface area contributed by atoms with Gasteiger partial charge in [-0.1, -0.05) is 72.4 Å². The lowest BCUT2D eigenvalue weighted by molar-refractivity contribution is -0.121. The van der Waals surface area contributed by atoms with E-state index in [0.717, 1.165) is 39.0 Å². The molecule has 0 saturated heterocycles. The number of methoxy groups -OCH3 is 1. The summed E-state index contributed by atoms with van der Waals surface area (Å²) in [5.41, 5.74) is 5.74. The molecule has 6 aromatic rings. The number of H-pyrrole nitrogens is 1. The van der Waals surface area contributed by atoms with Crippen molar-refractivity contribution < 1.29 is 17.9 Å². The molecule has 0 radical (unpaired) electrons. The Balaban J connectivity index is 1.35. The molecule has 1 unspecified atom stereocenters. The van der Waals surface area contributed by atoms with Crippen LogP contribution in [0, 0.1) is 6.92 Å². The van der Waals surface area contributed by atoms with Gasteiger partial charge in [0, 0.05) is 34.3 Å². The summed E-state index contributed by atoms with van der Waals surface area (Å²) in [6.07, 6.45) is 1.91. The fourth-order valence-electron chi connectivity index (χ4n) is 5.58. The van der Waals surface area contributed by atoms with Crippen molar-refractivity contribution in [1.29, 1.82) is 0 Å². The van der Waals surface area contributed by atoms with Crippen molar-refractivity contribution >= 4 is 38.4 Å². The average Bonchev–Trinajstić information content (AvgIpc) is 3.64. The molecule has 2 N–H and O–H groups in total. The molecule has 240 valence electrons. The van der Waals surface area contributed by atoms with Crippen molar-refractivity contribution in [3.05, 3.63) is 131 Å². The predicted molar refractivity (Wildman–Crippen MR) is 185 cm³/mol. The number of aromatic amines is 1. The highest BCUT2D eigenvalue weighted by Gasteiger charge is 2.26. The smallest absolute Gasteiger partial charge is 0.225 e. The van der Waals surface area contributed by atoms with Crippen molar-refractivity contribution in [1.82, 2.24) is 25.1 Å².